The van der Waals surface area contributed by atoms with Crippen molar-refractivity contribution in [2.75, 3.05) is 40.9 Å². The van der Waals surface area contributed by atoms with Crippen molar-refractivity contribution >= 4 is 13.7 Å². The lowest BCUT2D eigenvalue weighted by Crippen LogP contribution is -2.46. The maximum Gasteiger partial charge on any atom is 0.268 e. The summed E-state index contributed by atoms with van der Waals surface area (Å²) in [5.74, 6) is -0.179. The number of nitrogens with one attached hydrogen (secondary N) is 1. The summed E-state index contributed by atoms with van der Waals surface area (Å²) >= 11 is 0. The van der Waals surface area contributed by atoms with Crippen molar-refractivity contribution < 1.29 is 32.9 Å². The number of amides is 1. The van der Waals surface area contributed by atoms with Gasteiger partial charge in [-0.1, -0.05) is 189 Å². The van der Waals surface area contributed by atoms with Crippen LogP contribution in [0.3, 0.4) is 0 Å². The third-order valence-corrected chi connectivity index (χ3v) is 11.2. The fourth-order valence-electron chi connectivity index (χ4n) is 6.45. The third kappa shape index (κ3) is 43.8. The van der Waals surface area contributed by atoms with E-state index in [1.165, 1.54) is 77.0 Å². The van der Waals surface area contributed by atoms with E-state index in [1.807, 2.05) is 21.1 Å². The van der Waals surface area contributed by atoms with Gasteiger partial charge in [0.25, 0.3) is 7.82 Å². The van der Waals surface area contributed by atoms with Gasteiger partial charge < -0.3 is 28.8 Å². The lowest BCUT2D eigenvalue weighted by Gasteiger charge is -2.30. The maximum atomic E-state index is 12.9. The molecule has 2 N–H and O–H groups in total. The molecule has 0 aliphatic rings. The van der Waals surface area contributed by atoms with Crippen LogP contribution < -0.4 is 10.2 Å². The molecule has 0 saturated heterocycles. The van der Waals surface area contributed by atoms with Crippen molar-refractivity contribution in [1.82, 2.24) is 5.32 Å². The minimum Gasteiger partial charge on any atom is -0.756 e. The van der Waals surface area contributed by atoms with Gasteiger partial charge in [0.15, 0.2) is 0 Å². The van der Waals surface area contributed by atoms with Crippen LogP contribution in [0.1, 0.15) is 187 Å². The zero-order valence-electron chi connectivity index (χ0n) is 38.7. The number of likely N-dealkylation sites (N-methyl/N-ethyl adjacent to an activating group) is 1. The number of carbonyl (C=O) groups is 1. The molecular formula is C50H91N2O6P. The summed E-state index contributed by atoms with van der Waals surface area (Å²) in [4.78, 5) is 25.3. The van der Waals surface area contributed by atoms with E-state index in [1.54, 1.807) is 0 Å². The number of allylic oxidation sites excluding steroid dienone is 12. The van der Waals surface area contributed by atoms with Crippen LogP contribution in [-0.2, 0) is 18.4 Å². The standard InChI is InChI=1S/C50H91N2O6P/c1-6-8-10-12-14-16-18-19-20-21-22-23-24-25-26-27-28-29-30-31-32-33-34-36-38-40-42-44-50(54)51-48(47-58-59(55,56)57-46-45-52(3,4)5)49(53)43-41-39-37-35-17-15-13-11-9-7-2/h8,10,14,16,19-20,22-23,25-26,28-29,48-49,53H,6-7,9,11-13,15,17-18,21,24,27,30-47H2,1-5H3,(H-,51,54,55,56)/b10-8-,16-14-,20-19-,23-22-,26-25-,29-28-. The quantitative estimate of drug-likeness (QED) is 0.0274. The number of carbonyl (C=O) groups excluding carboxylic acids is 1. The Labute approximate surface area is 364 Å². The van der Waals surface area contributed by atoms with Crippen molar-refractivity contribution in [1.29, 1.82) is 0 Å². The molecule has 0 rings (SSSR count). The van der Waals surface area contributed by atoms with Crippen LogP contribution in [0.4, 0.5) is 0 Å². The zero-order valence-corrected chi connectivity index (χ0v) is 39.6. The molecular weight excluding hydrogens is 756 g/mol. The van der Waals surface area contributed by atoms with Gasteiger partial charge >= 0.3 is 0 Å². The Morgan fingerprint density at radius 2 is 1.03 bits per heavy atom. The van der Waals surface area contributed by atoms with Crippen LogP contribution in [0.2, 0.25) is 0 Å². The smallest absolute Gasteiger partial charge is 0.268 e. The highest BCUT2D eigenvalue weighted by Gasteiger charge is 2.24. The number of phosphoric ester groups is 1. The Bertz CT molecular complexity index is 1190. The van der Waals surface area contributed by atoms with Crippen LogP contribution in [-0.4, -0.2) is 68.5 Å². The summed E-state index contributed by atoms with van der Waals surface area (Å²) in [6.07, 6.45) is 54.9. The summed E-state index contributed by atoms with van der Waals surface area (Å²) < 4.78 is 23.2. The topological polar surface area (TPSA) is 108 Å². The first-order valence-corrected chi connectivity index (χ1v) is 25.2. The summed E-state index contributed by atoms with van der Waals surface area (Å²) in [7, 11) is 1.29. The highest BCUT2D eigenvalue weighted by atomic mass is 31.2. The molecule has 0 spiro atoms. The van der Waals surface area contributed by atoms with E-state index < -0.39 is 20.0 Å². The molecule has 342 valence electrons. The van der Waals surface area contributed by atoms with E-state index in [0.717, 1.165) is 83.5 Å². The molecule has 3 unspecified atom stereocenters. The van der Waals surface area contributed by atoms with Crippen molar-refractivity contribution in [2.24, 2.45) is 0 Å². The molecule has 8 nitrogen and oxygen atoms in total. The number of phosphoric acid groups is 1. The Balaban J connectivity index is 4.21. The monoisotopic (exact) mass is 847 g/mol. The first kappa shape index (κ1) is 56.9. The molecule has 0 aliphatic heterocycles. The van der Waals surface area contributed by atoms with E-state index in [4.69, 9.17) is 9.05 Å². The van der Waals surface area contributed by atoms with Gasteiger partial charge in [0.2, 0.25) is 5.91 Å². The van der Waals surface area contributed by atoms with Gasteiger partial charge in [-0.05, 0) is 64.2 Å². The predicted molar refractivity (Wildman–Crippen MR) is 251 cm³/mol. The first-order valence-electron chi connectivity index (χ1n) is 23.8. The van der Waals surface area contributed by atoms with Gasteiger partial charge in [-0.2, -0.15) is 0 Å². The number of nitrogens with zero attached hydrogens (tertiary/aromatic N) is 1. The number of hydrogen-bond acceptors (Lipinski definition) is 6. The number of hydrogen-bond donors (Lipinski definition) is 2. The Kier molecular flexibility index (Phi) is 39.9. The molecule has 0 fully saturated rings. The largest absolute Gasteiger partial charge is 0.756 e. The van der Waals surface area contributed by atoms with Gasteiger partial charge in [0.1, 0.15) is 13.2 Å². The van der Waals surface area contributed by atoms with E-state index in [9.17, 15) is 19.4 Å². The van der Waals surface area contributed by atoms with Crippen LogP contribution in [0.5, 0.6) is 0 Å². The minimum absolute atomic E-state index is 0.00673. The normalized spacial score (nSPS) is 14.9. The number of aliphatic hydroxyl groups excluding tert-OH is 1. The third-order valence-electron chi connectivity index (χ3n) is 10.2. The molecule has 0 saturated carbocycles. The first-order chi connectivity index (χ1) is 28.5. The van der Waals surface area contributed by atoms with Gasteiger partial charge in [0.05, 0.1) is 39.9 Å². The average molecular weight is 847 g/mol. The van der Waals surface area contributed by atoms with E-state index in [0.29, 0.717) is 23.9 Å². The fourth-order valence-corrected chi connectivity index (χ4v) is 7.18. The summed E-state index contributed by atoms with van der Waals surface area (Å²) in [5.41, 5.74) is 0. The number of aliphatic hydroxyl groups is 1. The molecule has 0 aliphatic carbocycles. The van der Waals surface area contributed by atoms with Crippen molar-refractivity contribution in [3.05, 3.63) is 72.9 Å². The predicted octanol–water partition coefficient (Wildman–Crippen LogP) is 12.9. The molecule has 0 aromatic rings. The molecule has 0 bridgehead atoms. The van der Waals surface area contributed by atoms with Gasteiger partial charge in [-0.25, -0.2) is 0 Å². The van der Waals surface area contributed by atoms with Crippen molar-refractivity contribution in [2.45, 2.75) is 199 Å². The average Bonchev–Trinajstić information content (AvgIpc) is 3.19. The molecule has 59 heavy (non-hydrogen) atoms. The maximum absolute atomic E-state index is 12.9. The van der Waals surface area contributed by atoms with Gasteiger partial charge in [0, 0.05) is 6.42 Å². The molecule has 0 radical (unpaired) electrons. The Hall–Kier alpha value is -2.06. The molecule has 0 heterocycles. The lowest BCUT2D eigenvalue weighted by molar-refractivity contribution is -0.870. The molecule has 0 aromatic carbocycles. The molecule has 3 atom stereocenters. The lowest BCUT2D eigenvalue weighted by atomic mass is 10.0. The van der Waals surface area contributed by atoms with Gasteiger partial charge in [-0.3, -0.25) is 9.36 Å². The second-order valence-corrected chi connectivity index (χ2v) is 18.5. The highest BCUT2D eigenvalue weighted by Crippen LogP contribution is 2.38. The SMILES string of the molecule is CC/C=C\C/C=C\C/C=C\C/C=C\C/C=C\C/C=C\CCCCCCCCCCC(=O)NC(COP(=O)([O-])OCC[N+](C)(C)C)C(O)CCCCCCCCCCCC. The number of rotatable bonds is 42. The highest BCUT2D eigenvalue weighted by molar-refractivity contribution is 7.45. The molecule has 9 heteroatoms. The number of unbranched alkanes of at least 4 members (excludes halogenated alkanes) is 17. The van der Waals surface area contributed by atoms with Crippen molar-refractivity contribution in [3.8, 4) is 0 Å². The van der Waals surface area contributed by atoms with Crippen LogP contribution in [0.15, 0.2) is 72.9 Å². The summed E-state index contributed by atoms with van der Waals surface area (Å²) in [6, 6.07) is -0.807. The van der Waals surface area contributed by atoms with Crippen LogP contribution >= 0.6 is 7.82 Å². The second-order valence-electron chi connectivity index (χ2n) is 17.1. The van der Waals surface area contributed by atoms with E-state index in [2.05, 4.69) is 92.1 Å². The second kappa shape index (κ2) is 41.3. The zero-order chi connectivity index (χ0) is 43.6. The molecule has 0 aromatic heterocycles. The van der Waals surface area contributed by atoms with Crippen LogP contribution in [0, 0.1) is 0 Å². The molecule has 1 amide bonds. The minimum atomic E-state index is -4.57. The fraction of sp³-hybridized carbons (Fsp3) is 0.740. The van der Waals surface area contributed by atoms with E-state index >= 15 is 0 Å². The summed E-state index contributed by atoms with van der Waals surface area (Å²) in [5, 5.41) is 13.9. The van der Waals surface area contributed by atoms with Crippen molar-refractivity contribution in [3.63, 3.8) is 0 Å². The Morgan fingerprint density at radius 1 is 0.610 bits per heavy atom. The van der Waals surface area contributed by atoms with E-state index in [-0.39, 0.29) is 19.1 Å². The van der Waals surface area contributed by atoms with Crippen LogP contribution in [0.25, 0.3) is 0 Å². The van der Waals surface area contributed by atoms with Gasteiger partial charge in [-0.15, -0.1) is 0 Å². The summed E-state index contributed by atoms with van der Waals surface area (Å²) in [6.45, 7) is 4.56. The Morgan fingerprint density at radius 3 is 1.51 bits per heavy atom. The number of quaternary nitrogens is 1.